The average Bonchev–Trinajstić information content (AvgIpc) is 2.77. The molecule has 3 nitrogen and oxygen atoms in total. The maximum Gasteiger partial charge on any atom is 0.0657 e. The van der Waals surface area contributed by atoms with Crippen LogP contribution in [-0.4, -0.2) is 18.3 Å². The van der Waals surface area contributed by atoms with E-state index < -0.39 is 0 Å². The molecule has 1 fully saturated rings. The molecule has 1 aliphatic carbocycles. The van der Waals surface area contributed by atoms with Gasteiger partial charge in [-0.05, 0) is 31.0 Å². The molecule has 0 spiro atoms. The van der Waals surface area contributed by atoms with E-state index in [4.69, 9.17) is 17.3 Å². The molecule has 0 aromatic heterocycles. The third kappa shape index (κ3) is 2.85. The molecule has 1 saturated carbocycles. The Morgan fingerprint density at radius 2 is 2.06 bits per heavy atom. The van der Waals surface area contributed by atoms with E-state index in [2.05, 4.69) is 5.32 Å². The van der Waals surface area contributed by atoms with Gasteiger partial charge in [0, 0.05) is 17.6 Å². The first kappa shape index (κ1) is 12.5. The molecule has 0 bridgehead atoms. The number of nitrogens with two attached hydrogens (primary N) is 1. The van der Waals surface area contributed by atoms with Crippen LogP contribution in [0.3, 0.4) is 0 Å². The molecule has 1 aromatic rings. The lowest BCUT2D eigenvalue weighted by Crippen LogP contribution is -2.30. The van der Waals surface area contributed by atoms with Gasteiger partial charge in [-0.25, -0.2) is 0 Å². The van der Waals surface area contributed by atoms with Crippen LogP contribution >= 0.6 is 11.6 Å². The minimum atomic E-state index is 0.0325. The van der Waals surface area contributed by atoms with Crippen LogP contribution in [0.2, 0.25) is 5.02 Å². The topological polar surface area (TPSA) is 58.3 Å². The SMILES string of the molecule is Nc1ccc(NCC2(CO)CCCC2)c(Cl)c1. The normalized spacial score (nSPS) is 18.2. The fourth-order valence-electron chi connectivity index (χ4n) is 2.47. The number of hydrogen-bond donors (Lipinski definition) is 3. The highest BCUT2D eigenvalue weighted by Crippen LogP contribution is 2.38. The van der Waals surface area contributed by atoms with E-state index in [9.17, 15) is 5.11 Å². The van der Waals surface area contributed by atoms with Gasteiger partial charge in [0.1, 0.15) is 0 Å². The second-order valence-corrected chi connectivity index (χ2v) is 5.37. The van der Waals surface area contributed by atoms with Crippen molar-refractivity contribution >= 4 is 23.0 Å². The van der Waals surface area contributed by atoms with Crippen molar-refractivity contribution in [3.8, 4) is 0 Å². The van der Waals surface area contributed by atoms with Gasteiger partial charge >= 0.3 is 0 Å². The third-order valence-corrected chi connectivity index (χ3v) is 3.96. The number of benzene rings is 1. The summed E-state index contributed by atoms with van der Waals surface area (Å²) in [6.07, 6.45) is 4.58. The highest BCUT2D eigenvalue weighted by Gasteiger charge is 2.32. The van der Waals surface area contributed by atoms with Crippen LogP contribution in [0.1, 0.15) is 25.7 Å². The second-order valence-electron chi connectivity index (χ2n) is 4.96. The van der Waals surface area contributed by atoms with E-state index in [0.717, 1.165) is 25.1 Å². The monoisotopic (exact) mass is 254 g/mol. The Hall–Kier alpha value is -0.930. The Labute approximate surface area is 107 Å². The van der Waals surface area contributed by atoms with Crippen molar-refractivity contribution in [1.82, 2.24) is 0 Å². The molecule has 0 unspecified atom stereocenters. The van der Waals surface area contributed by atoms with Crippen molar-refractivity contribution in [2.75, 3.05) is 24.2 Å². The van der Waals surface area contributed by atoms with Crippen molar-refractivity contribution < 1.29 is 5.11 Å². The maximum atomic E-state index is 9.51. The molecule has 94 valence electrons. The molecule has 17 heavy (non-hydrogen) atoms. The van der Waals surface area contributed by atoms with E-state index in [-0.39, 0.29) is 12.0 Å². The Morgan fingerprint density at radius 3 is 2.65 bits per heavy atom. The summed E-state index contributed by atoms with van der Waals surface area (Å²) in [5.41, 5.74) is 7.23. The van der Waals surface area contributed by atoms with E-state index in [0.29, 0.717) is 10.7 Å². The predicted octanol–water partition coefficient (Wildman–Crippen LogP) is 2.89. The van der Waals surface area contributed by atoms with E-state index in [1.54, 1.807) is 6.07 Å². The molecule has 0 amide bonds. The summed E-state index contributed by atoms with van der Waals surface area (Å²) in [7, 11) is 0. The number of aliphatic hydroxyl groups is 1. The molecular formula is C13H19ClN2O. The predicted molar refractivity (Wildman–Crippen MR) is 72.3 cm³/mol. The van der Waals surface area contributed by atoms with Gasteiger partial charge in [0.15, 0.2) is 0 Å². The van der Waals surface area contributed by atoms with Gasteiger partial charge in [0.25, 0.3) is 0 Å². The molecular weight excluding hydrogens is 236 g/mol. The summed E-state index contributed by atoms with van der Waals surface area (Å²) in [5.74, 6) is 0. The number of aliphatic hydroxyl groups excluding tert-OH is 1. The van der Waals surface area contributed by atoms with Crippen LogP contribution in [0.4, 0.5) is 11.4 Å². The molecule has 4 N–H and O–H groups in total. The lowest BCUT2D eigenvalue weighted by molar-refractivity contribution is 0.142. The first-order valence-electron chi connectivity index (χ1n) is 6.05. The Morgan fingerprint density at radius 1 is 1.35 bits per heavy atom. The van der Waals surface area contributed by atoms with Crippen LogP contribution in [0.5, 0.6) is 0 Å². The molecule has 1 aliphatic rings. The van der Waals surface area contributed by atoms with Gasteiger partial charge in [-0.1, -0.05) is 24.4 Å². The first-order chi connectivity index (χ1) is 8.15. The Kier molecular flexibility index (Phi) is 3.79. The molecule has 0 saturated heterocycles. The molecule has 2 rings (SSSR count). The molecule has 0 atom stereocenters. The summed E-state index contributed by atoms with van der Waals surface area (Å²) in [4.78, 5) is 0. The summed E-state index contributed by atoms with van der Waals surface area (Å²) in [6, 6.07) is 5.45. The summed E-state index contributed by atoms with van der Waals surface area (Å²) in [5, 5.41) is 13.5. The average molecular weight is 255 g/mol. The zero-order valence-corrected chi connectivity index (χ0v) is 10.6. The zero-order valence-electron chi connectivity index (χ0n) is 9.88. The summed E-state index contributed by atoms with van der Waals surface area (Å²) in [6.45, 7) is 1.01. The van der Waals surface area contributed by atoms with Crippen molar-refractivity contribution in [1.29, 1.82) is 0 Å². The van der Waals surface area contributed by atoms with E-state index >= 15 is 0 Å². The Balaban J connectivity index is 2.01. The molecule has 0 radical (unpaired) electrons. The summed E-state index contributed by atoms with van der Waals surface area (Å²) < 4.78 is 0. The number of anilines is 2. The van der Waals surface area contributed by atoms with Crippen molar-refractivity contribution in [3.05, 3.63) is 23.2 Å². The fraction of sp³-hybridized carbons (Fsp3) is 0.538. The quantitative estimate of drug-likeness (QED) is 0.724. The van der Waals surface area contributed by atoms with Gasteiger partial charge in [-0.3, -0.25) is 0 Å². The van der Waals surface area contributed by atoms with E-state index in [1.165, 1.54) is 12.8 Å². The number of halogens is 1. The van der Waals surface area contributed by atoms with Gasteiger partial charge in [0.2, 0.25) is 0 Å². The maximum absolute atomic E-state index is 9.51. The fourth-order valence-corrected chi connectivity index (χ4v) is 2.73. The van der Waals surface area contributed by atoms with Gasteiger partial charge in [-0.15, -0.1) is 0 Å². The largest absolute Gasteiger partial charge is 0.399 e. The van der Waals surface area contributed by atoms with Crippen molar-refractivity contribution in [2.45, 2.75) is 25.7 Å². The van der Waals surface area contributed by atoms with Crippen LogP contribution in [0, 0.1) is 5.41 Å². The van der Waals surface area contributed by atoms with Crippen LogP contribution in [0.25, 0.3) is 0 Å². The lowest BCUT2D eigenvalue weighted by Gasteiger charge is -2.27. The van der Waals surface area contributed by atoms with Gasteiger partial charge < -0.3 is 16.2 Å². The smallest absolute Gasteiger partial charge is 0.0657 e. The molecule has 0 heterocycles. The highest BCUT2D eigenvalue weighted by atomic mass is 35.5. The van der Waals surface area contributed by atoms with Gasteiger partial charge in [0.05, 0.1) is 17.3 Å². The summed E-state index contributed by atoms with van der Waals surface area (Å²) >= 11 is 6.10. The zero-order chi connectivity index (χ0) is 12.3. The first-order valence-corrected chi connectivity index (χ1v) is 6.43. The van der Waals surface area contributed by atoms with Crippen molar-refractivity contribution in [3.63, 3.8) is 0 Å². The molecule has 0 aliphatic heterocycles. The highest BCUT2D eigenvalue weighted by molar-refractivity contribution is 6.33. The van der Waals surface area contributed by atoms with Crippen LogP contribution < -0.4 is 11.1 Å². The molecule has 4 heteroatoms. The number of nitrogen functional groups attached to an aromatic ring is 1. The second kappa shape index (κ2) is 5.15. The molecule has 1 aromatic carbocycles. The van der Waals surface area contributed by atoms with E-state index in [1.807, 2.05) is 12.1 Å². The number of rotatable bonds is 4. The van der Waals surface area contributed by atoms with Crippen molar-refractivity contribution in [2.24, 2.45) is 5.41 Å². The number of hydrogen-bond acceptors (Lipinski definition) is 3. The van der Waals surface area contributed by atoms with Gasteiger partial charge in [-0.2, -0.15) is 0 Å². The lowest BCUT2D eigenvalue weighted by atomic mass is 9.87. The number of nitrogens with one attached hydrogen (secondary N) is 1. The standard InChI is InChI=1S/C13H19ClN2O/c14-11-7-10(15)3-4-12(11)16-8-13(9-17)5-1-2-6-13/h3-4,7,16-17H,1-2,5-6,8-9,15H2. The minimum Gasteiger partial charge on any atom is -0.399 e. The van der Waals surface area contributed by atoms with Crippen LogP contribution in [0.15, 0.2) is 18.2 Å². The van der Waals surface area contributed by atoms with Crippen LogP contribution in [-0.2, 0) is 0 Å². The Bertz CT molecular complexity index is 389. The minimum absolute atomic E-state index is 0.0325. The third-order valence-electron chi connectivity index (χ3n) is 3.65.